The summed E-state index contributed by atoms with van der Waals surface area (Å²) < 4.78 is 36.6. The number of hydrogen-bond acceptors (Lipinski definition) is 4. The van der Waals surface area contributed by atoms with Gasteiger partial charge in [0.1, 0.15) is 11.9 Å². The molecule has 1 unspecified atom stereocenters. The van der Waals surface area contributed by atoms with E-state index in [0.29, 0.717) is 6.07 Å². The number of rotatable bonds is 3. The lowest BCUT2D eigenvalue weighted by atomic mass is 10.3. The molecule has 120 valence electrons. The van der Waals surface area contributed by atoms with Crippen LogP contribution in [0.2, 0.25) is 0 Å². The second-order valence-electron chi connectivity index (χ2n) is 4.42. The first-order valence-corrected chi connectivity index (χ1v) is 6.38. The lowest BCUT2D eigenvalue weighted by molar-refractivity contribution is -0.0536. The highest BCUT2D eigenvalue weighted by Gasteiger charge is 2.12. The molecule has 8 heteroatoms. The Balaban J connectivity index is 2.08. The molecule has 2 aromatic rings. The van der Waals surface area contributed by atoms with Gasteiger partial charge < -0.3 is 14.9 Å². The maximum Gasteiger partial charge on any atom is 0.339 e. The molecule has 0 radical (unpaired) electrons. The summed E-state index contributed by atoms with van der Waals surface area (Å²) >= 11 is 0. The van der Waals surface area contributed by atoms with Crippen LogP contribution in [0.1, 0.15) is 12.7 Å². The number of urea groups is 1. The Morgan fingerprint density at radius 3 is 2.78 bits per heavy atom. The predicted octanol–water partition coefficient (Wildman–Crippen LogP) is 2.86. The first-order valence-electron chi connectivity index (χ1n) is 6.38. The van der Waals surface area contributed by atoms with Crippen LogP contribution >= 0.6 is 0 Å². The van der Waals surface area contributed by atoms with E-state index in [4.69, 9.17) is 14.9 Å². The molecule has 0 saturated heterocycles. The van der Waals surface area contributed by atoms with Crippen molar-refractivity contribution >= 4 is 6.03 Å². The second-order valence-corrected chi connectivity index (χ2v) is 4.42. The minimum Gasteiger partial charge on any atom is -0.423 e. The summed E-state index contributed by atoms with van der Waals surface area (Å²) in [6.45, 7) is 1.45. The van der Waals surface area contributed by atoms with E-state index in [1.54, 1.807) is 0 Å². The molecule has 0 aliphatic rings. The third-order valence-electron chi connectivity index (χ3n) is 2.68. The first kappa shape index (κ1) is 16.3. The van der Waals surface area contributed by atoms with Gasteiger partial charge in [0, 0.05) is 12.1 Å². The molecular weight excluding hydrogens is 310 g/mol. The Morgan fingerprint density at radius 2 is 2.13 bits per heavy atom. The second kappa shape index (κ2) is 6.81. The van der Waals surface area contributed by atoms with Gasteiger partial charge in [-0.3, -0.25) is 5.21 Å². The fourth-order valence-electron chi connectivity index (χ4n) is 1.54. The summed E-state index contributed by atoms with van der Waals surface area (Å²) in [5, 5.41) is 9.52. The lowest BCUT2D eigenvalue weighted by Crippen LogP contribution is -2.38. The molecule has 6 nitrogen and oxygen atoms in total. The van der Waals surface area contributed by atoms with E-state index in [1.165, 1.54) is 19.1 Å². The van der Waals surface area contributed by atoms with Gasteiger partial charge in [0.15, 0.2) is 17.3 Å². The molecule has 23 heavy (non-hydrogen) atoms. The number of carbonyl (C=O) groups excluding carboxylic acids is 1. The summed E-state index contributed by atoms with van der Waals surface area (Å²) in [5.41, 5.74) is 4.88. The fourth-order valence-corrected chi connectivity index (χ4v) is 1.54. The van der Waals surface area contributed by atoms with Gasteiger partial charge >= 0.3 is 6.03 Å². The zero-order valence-corrected chi connectivity index (χ0v) is 11.9. The molecule has 1 aromatic heterocycles. The van der Waals surface area contributed by atoms with Crippen molar-refractivity contribution in [1.29, 1.82) is 0 Å². The maximum absolute atomic E-state index is 13.4. The minimum absolute atomic E-state index is 0.0526. The van der Waals surface area contributed by atoms with Crippen LogP contribution in [0.15, 0.2) is 34.7 Å². The maximum atomic E-state index is 13.4. The molecule has 1 aromatic carbocycles. The number of nitrogens with two attached hydrogens (primary N) is 1. The standard InChI is InChI=1S/C15H12F2N2O4/c1-9(19(21)15(18)20)2-4-11-5-7-14(22-11)23-13-6-3-10(16)8-12(13)17/h3,5-9,21H,1H3,(H2,18,20). The van der Waals surface area contributed by atoms with E-state index in [1.807, 2.05) is 0 Å². The number of hydroxylamine groups is 2. The van der Waals surface area contributed by atoms with Gasteiger partial charge in [-0.1, -0.05) is 5.92 Å². The summed E-state index contributed by atoms with van der Waals surface area (Å²) in [4.78, 5) is 10.7. The van der Waals surface area contributed by atoms with Crippen LogP contribution < -0.4 is 10.5 Å². The van der Waals surface area contributed by atoms with Crippen molar-refractivity contribution in [3.05, 3.63) is 47.7 Å². The van der Waals surface area contributed by atoms with Gasteiger partial charge in [-0.15, -0.1) is 0 Å². The summed E-state index contributed by atoms with van der Waals surface area (Å²) in [7, 11) is 0. The predicted molar refractivity (Wildman–Crippen MR) is 74.7 cm³/mol. The van der Waals surface area contributed by atoms with E-state index in [9.17, 15) is 18.8 Å². The van der Waals surface area contributed by atoms with Crippen molar-refractivity contribution in [1.82, 2.24) is 5.06 Å². The van der Waals surface area contributed by atoms with Gasteiger partial charge in [-0.25, -0.2) is 13.6 Å². The third-order valence-corrected chi connectivity index (χ3v) is 2.68. The van der Waals surface area contributed by atoms with Gasteiger partial charge in [-0.2, -0.15) is 5.06 Å². The average Bonchev–Trinajstić information content (AvgIpc) is 2.94. The van der Waals surface area contributed by atoms with Crippen molar-refractivity contribution in [2.24, 2.45) is 5.73 Å². The summed E-state index contributed by atoms with van der Waals surface area (Å²) in [6, 6.07) is 3.80. The van der Waals surface area contributed by atoms with E-state index in [2.05, 4.69) is 11.8 Å². The SMILES string of the molecule is CC(C#Cc1ccc(Oc2ccc(F)cc2F)o1)N(O)C(N)=O. The third kappa shape index (κ3) is 4.21. The number of nitrogens with zero attached hydrogens (tertiary/aromatic N) is 1. The van der Waals surface area contributed by atoms with Gasteiger partial charge in [-0.05, 0) is 31.0 Å². The molecule has 0 aliphatic heterocycles. The van der Waals surface area contributed by atoms with Crippen molar-refractivity contribution < 1.29 is 27.9 Å². The molecule has 0 saturated carbocycles. The lowest BCUT2D eigenvalue weighted by Gasteiger charge is -2.14. The van der Waals surface area contributed by atoms with Crippen LogP contribution in [0.3, 0.4) is 0 Å². The molecular formula is C15H12F2N2O4. The van der Waals surface area contributed by atoms with E-state index >= 15 is 0 Å². The highest BCUT2D eigenvalue weighted by molar-refractivity contribution is 5.71. The molecule has 2 rings (SSSR count). The number of primary amides is 1. The Bertz CT molecular complexity index is 779. The number of ether oxygens (including phenoxy) is 1. The van der Waals surface area contributed by atoms with Crippen LogP contribution in [0.25, 0.3) is 0 Å². The fraction of sp³-hybridized carbons (Fsp3) is 0.133. The number of benzene rings is 1. The number of halogens is 2. The topological polar surface area (TPSA) is 88.9 Å². The summed E-state index contributed by atoms with van der Waals surface area (Å²) in [6.07, 6.45) is 0. The molecule has 1 heterocycles. The van der Waals surface area contributed by atoms with Crippen LogP contribution in [-0.4, -0.2) is 22.3 Å². The largest absolute Gasteiger partial charge is 0.423 e. The van der Waals surface area contributed by atoms with Crippen LogP contribution in [0.5, 0.6) is 11.7 Å². The normalized spacial score (nSPS) is 11.3. The van der Waals surface area contributed by atoms with Gasteiger partial charge in [0.25, 0.3) is 5.95 Å². The van der Waals surface area contributed by atoms with Crippen molar-refractivity contribution in [2.45, 2.75) is 13.0 Å². The molecule has 3 N–H and O–H groups in total. The van der Waals surface area contributed by atoms with Crippen LogP contribution in [0, 0.1) is 23.5 Å². The van der Waals surface area contributed by atoms with E-state index in [0.717, 1.165) is 12.1 Å². The first-order chi connectivity index (χ1) is 10.9. The van der Waals surface area contributed by atoms with E-state index in [-0.39, 0.29) is 22.5 Å². The van der Waals surface area contributed by atoms with Crippen molar-refractivity contribution in [3.8, 4) is 23.5 Å². The zero-order valence-electron chi connectivity index (χ0n) is 11.9. The Kier molecular flexibility index (Phi) is 4.83. The Morgan fingerprint density at radius 1 is 1.39 bits per heavy atom. The molecule has 2 amide bonds. The number of furan rings is 1. The van der Waals surface area contributed by atoms with Gasteiger partial charge in [0.2, 0.25) is 0 Å². The Hall–Kier alpha value is -3.05. The zero-order chi connectivity index (χ0) is 17.0. The molecule has 0 fully saturated rings. The molecule has 0 spiro atoms. The highest BCUT2D eigenvalue weighted by Crippen LogP contribution is 2.26. The number of amides is 2. The molecule has 0 bridgehead atoms. The van der Waals surface area contributed by atoms with E-state index < -0.39 is 23.7 Å². The smallest absolute Gasteiger partial charge is 0.339 e. The van der Waals surface area contributed by atoms with Crippen molar-refractivity contribution in [2.75, 3.05) is 0 Å². The molecule has 1 atom stereocenters. The average molecular weight is 322 g/mol. The highest BCUT2D eigenvalue weighted by atomic mass is 19.1. The molecule has 0 aliphatic carbocycles. The number of hydrogen-bond donors (Lipinski definition) is 2. The van der Waals surface area contributed by atoms with Crippen molar-refractivity contribution in [3.63, 3.8) is 0 Å². The van der Waals surface area contributed by atoms with Crippen LogP contribution in [0.4, 0.5) is 13.6 Å². The monoisotopic (exact) mass is 322 g/mol. The Labute approximate surface area is 130 Å². The minimum atomic E-state index is -1.04. The number of carbonyl (C=O) groups is 1. The van der Waals surface area contributed by atoms with Gasteiger partial charge in [0.05, 0.1) is 0 Å². The summed E-state index contributed by atoms with van der Waals surface area (Å²) in [5.74, 6) is 3.38. The quantitative estimate of drug-likeness (QED) is 0.516. The van der Waals surface area contributed by atoms with Crippen LogP contribution in [-0.2, 0) is 0 Å².